The van der Waals surface area contributed by atoms with Crippen LogP contribution in [0, 0.1) is 0 Å². The third-order valence-corrected chi connectivity index (χ3v) is 1.87. The summed E-state index contributed by atoms with van der Waals surface area (Å²) < 4.78 is 4.95. The molecule has 0 radical (unpaired) electrons. The first-order chi connectivity index (χ1) is 8.17. The zero-order chi connectivity index (χ0) is 12.7. The number of aliphatic hydroxyl groups excluding tert-OH is 1. The van der Waals surface area contributed by atoms with Gasteiger partial charge in [0.15, 0.2) is 0 Å². The van der Waals surface area contributed by atoms with E-state index in [9.17, 15) is 9.59 Å². The molecule has 7 heteroatoms. The van der Waals surface area contributed by atoms with Crippen molar-refractivity contribution in [3.63, 3.8) is 0 Å². The molecule has 1 atom stereocenters. The van der Waals surface area contributed by atoms with Crippen LogP contribution in [0.5, 0.6) is 0 Å². The van der Waals surface area contributed by atoms with Gasteiger partial charge in [-0.25, -0.2) is 5.48 Å². The Kier molecular flexibility index (Phi) is 4.92. The van der Waals surface area contributed by atoms with Gasteiger partial charge in [0, 0.05) is 6.08 Å². The number of nitrogens with one attached hydrogen (secondary N) is 2. The number of furan rings is 1. The van der Waals surface area contributed by atoms with Gasteiger partial charge in [0.05, 0.1) is 12.9 Å². The Hall–Kier alpha value is -2.12. The molecule has 0 fully saturated rings. The molecule has 0 aliphatic heterocycles. The first-order valence-electron chi connectivity index (χ1n) is 4.74. The van der Waals surface area contributed by atoms with Crippen molar-refractivity contribution in [3.8, 4) is 0 Å². The summed E-state index contributed by atoms with van der Waals surface area (Å²) in [5.41, 5.74) is 1.33. The van der Waals surface area contributed by atoms with Gasteiger partial charge in [-0.05, 0) is 18.2 Å². The van der Waals surface area contributed by atoms with Crippen LogP contribution >= 0.6 is 0 Å². The fourth-order valence-electron chi connectivity index (χ4n) is 1.04. The zero-order valence-electron chi connectivity index (χ0n) is 8.79. The maximum Gasteiger partial charge on any atom is 0.268 e. The lowest BCUT2D eigenvalue weighted by atomic mass is 10.3. The molecule has 1 rings (SSSR count). The van der Waals surface area contributed by atoms with Crippen molar-refractivity contribution < 1.29 is 24.3 Å². The van der Waals surface area contributed by atoms with E-state index in [0.29, 0.717) is 5.76 Å². The predicted molar refractivity (Wildman–Crippen MR) is 56.7 cm³/mol. The zero-order valence-corrected chi connectivity index (χ0v) is 8.79. The molecule has 92 valence electrons. The summed E-state index contributed by atoms with van der Waals surface area (Å²) in [7, 11) is 0. The summed E-state index contributed by atoms with van der Waals surface area (Å²) in [6, 6.07) is 2.11. The van der Waals surface area contributed by atoms with Gasteiger partial charge < -0.3 is 14.8 Å². The van der Waals surface area contributed by atoms with Gasteiger partial charge in [-0.3, -0.25) is 14.8 Å². The summed E-state index contributed by atoms with van der Waals surface area (Å²) in [4.78, 5) is 22.2. The van der Waals surface area contributed by atoms with Crippen molar-refractivity contribution in [1.82, 2.24) is 10.8 Å². The number of amides is 2. The molecule has 1 aromatic heterocycles. The quantitative estimate of drug-likeness (QED) is 0.308. The van der Waals surface area contributed by atoms with Crippen LogP contribution < -0.4 is 10.8 Å². The smallest absolute Gasteiger partial charge is 0.268 e. The molecule has 17 heavy (non-hydrogen) atoms. The van der Waals surface area contributed by atoms with E-state index in [1.807, 2.05) is 0 Å². The summed E-state index contributed by atoms with van der Waals surface area (Å²) in [6.45, 7) is -0.618. The second kappa shape index (κ2) is 6.46. The Morgan fingerprint density at radius 3 is 2.82 bits per heavy atom. The average Bonchev–Trinajstić information content (AvgIpc) is 2.85. The van der Waals surface area contributed by atoms with Crippen LogP contribution in [-0.4, -0.2) is 34.8 Å². The van der Waals surface area contributed by atoms with E-state index in [1.54, 1.807) is 12.1 Å². The number of hydroxylamine groups is 1. The Morgan fingerprint density at radius 1 is 1.53 bits per heavy atom. The molecule has 1 aromatic rings. The topological polar surface area (TPSA) is 112 Å². The van der Waals surface area contributed by atoms with E-state index in [4.69, 9.17) is 14.7 Å². The SMILES string of the molecule is O=C(/C=C/c1ccco1)NC(CO)C(=O)NO. The van der Waals surface area contributed by atoms with E-state index >= 15 is 0 Å². The first-order valence-corrected chi connectivity index (χ1v) is 4.74. The summed E-state index contributed by atoms with van der Waals surface area (Å²) >= 11 is 0. The minimum absolute atomic E-state index is 0.479. The maximum atomic E-state index is 11.3. The van der Waals surface area contributed by atoms with Crippen LogP contribution in [0.3, 0.4) is 0 Å². The van der Waals surface area contributed by atoms with Crippen LogP contribution in [0.2, 0.25) is 0 Å². The van der Waals surface area contributed by atoms with Crippen molar-refractivity contribution in [2.45, 2.75) is 6.04 Å². The minimum atomic E-state index is -1.20. The molecule has 0 aliphatic rings. The Balaban J connectivity index is 2.51. The molecule has 0 saturated carbocycles. The summed E-state index contributed by atoms with van der Waals surface area (Å²) in [5, 5.41) is 19.3. The van der Waals surface area contributed by atoms with Crippen molar-refractivity contribution in [2.24, 2.45) is 0 Å². The number of hydrogen-bond donors (Lipinski definition) is 4. The molecule has 7 nitrogen and oxygen atoms in total. The van der Waals surface area contributed by atoms with E-state index in [-0.39, 0.29) is 0 Å². The molecule has 0 spiro atoms. The van der Waals surface area contributed by atoms with E-state index in [2.05, 4.69) is 5.32 Å². The lowest BCUT2D eigenvalue weighted by Crippen LogP contribution is -2.47. The molecule has 4 N–H and O–H groups in total. The van der Waals surface area contributed by atoms with Crippen molar-refractivity contribution >= 4 is 17.9 Å². The summed E-state index contributed by atoms with van der Waals surface area (Å²) in [5.74, 6) is -1.01. The Bertz CT molecular complexity index is 399. The number of carbonyl (C=O) groups is 2. The highest BCUT2D eigenvalue weighted by Crippen LogP contribution is 2.01. The van der Waals surface area contributed by atoms with Crippen molar-refractivity contribution in [1.29, 1.82) is 0 Å². The van der Waals surface area contributed by atoms with Gasteiger partial charge >= 0.3 is 0 Å². The molecule has 0 saturated heterocycles. The van der Waals surface area contributed by atoms with Crippen LogP contribution in [-0.2, 0) is 9.59 Å². The molecular weight excluding hydrogens is 228 g/mol. The highest BCUT2D eigenvalue weighted by molar-refractivity contribution is 5.95. The van der Waals surface area contributed by atoms with Crippen molar-refractivity contribution in [3.05, 3.63) is 30.2 Å². The number of aliphatic hydroxyl groups is 1. The maximum absolute atomic E-state index is 11.3. The molecule has 0 aromatic carbocycles. The van der Waals surface area contributed by atoms with E-state index in [1.165, 1.54) is 17.8 Å². The van der Waals surface area contributed by atoms with Crippen LogP contribution in [0.4, 0.5) is 0 Å². The number of carbonyl (C=O) groups excluding carboxylic acids is 2. The molecule has 1 unspecified atom stereocenters. The van der Waals surface area contributed by atoms with Gasteiger partial charge in [-0.15, -0.1) is 0 Å². The largest absolute Gasteiger partial charge is 0.465 e. The highest BCUT2D eigenvalue weighted by Gasteiger charge is 2.17. The van der Waals surface area contributed by atoms with Crippen LogP contribution in [0.25, 0.3) is 6.08 Å². The number of rotatable bonds is 5. The lowest BCUT2D eigenvalue weighted by molar-refractivity contribution is -0.134. The Labute approximate surface area is 96.7 Å². The second-order valence-corrected chi connectivity index (χ2v) is 3.07. The summed E-state index contributed by atoms with van der Waals surface area (Å²) in [6.07, 6.45) is 4.00. The normalized spacial score (nSPS) is 12.4. The molecule has 0 bridgehead atoms. The fraction of sp³-hybridized carbons (Fsp3) is 0.200. The third-order valence-electron chi connectivity index (χ3n) is 1.87. The minimum Gasteiger partial charge on any atom is -0.465 e. The van der Waals surface area contributed by atoms with E-state index in [0.717, 1.165) is 6.08 Å². The van der Waals surface area contributed by atoms with Gasteiger partial charge in [-0.2, -0.15) is 0 Å². The van der Waals surface area contributed by atoms with Gasteiger partial charge in [0.1, 0.15) is 11.8 Å². The van der Waals surface area contributed by atoms with Gasteiger partial charge in [0.2, 0.25) is 5.91 Å². The highest BCUT2D eigenvalue weighted by atomic mass is 16.5. The van der Waals surface area contributed by atoms with Crippen LogP contribution in [0.15, 0.2) is 28.9 Å². The third kappa shape index (κ3) is 4.09. The Morgan fingerprint density at radius 2 is 2.29 bits per heavy atom. The van der Waals surface area contributed by atoms with Crippen molar-refractivity contribution in [2.75, 3.05) is 6.61 Å². The molecular formula is C10H12N2O5. The molecule has 2 amide bonds. The molecule has 1 heterocycles. The number of hydrogen-bond acceptors (Lipinski definition) is 5. The lowest BCUT2D eigenvalue weighted by Gasteiger charge is -2.11. The van der Waals surface area contributed by atoms with Crippen LogP contribution in [0.1, 0.15) is 5.76 Å². The average molecular weight is 240 g/mol. The predicted octanol–water partition coefficient (Wildman–Crippen LogP) is -0.725. The van der Waals surface area contributed by atoms with E-state index < -0.39 is 24.5 Å². The van der Waals surface area contributed by atoms with Gasteiger partial charge in [-0.1, -0.05) is 0 Å². The monoisotopic (exact) mass is 240 g/mol. The first kappa shape index (κ1) is 12.9. The standard InChI is InChI=1S/C10H12N2O5/c13-6-8(10(15)12-16)11-9(14)4-3-7-2-1-5-17-7/h1-5,8,13,16H,6H2,(H,11,14)(H,12,15)/b4-3+. The van der Waals surface area contributed by atoms with Gasteiger partial charge in [0.25, 0.3) is 5.91 Å². The fourth-order valence-corrected chi connectivity index (χ4v) is 1.04. The second-order valence-electron chi connectivity index (χ2n) is 3.07. The molecule has 0 aliphatic carbocycles.